The number of amides is 1. The summed E-state index contributed by atoms with van der Waals surface area (Å²) in [7, 11) is -3.93. The Labute approximate surface area is 117 Å². The molecule has 6 nitrogen and oxygen atoms in total. The number of nitrogens with two attached hydrogens (primary N) is 1. The van der Waals surface area contributed by atoms with Crippen molar-refractivity contribution < 1.29 is 17.6 Å². The van der Waals surface area contributed by atoms with E-state index in [-0.39, 0.29) is 23.7 Å². The number of carbonyl (C=O) groups is 1. The van der Waals surface area contributed by atoms with Gasteiger partial charge >= 0.3 is 0 Å². The lowest BCUT2D eigenvalue weighted by molar-refractivity contribution is -0.121. The maximum absolute atomic E-state index is 13.4. The van der Waals surface area contributed by atoms with Gasteiger partial charge in [0.25, 0.3) is 0 Å². The van der Waals surface area contributed by atoms with Crippen LogP contribution < -0.4 is 11.1 Å². The number of rotatable bonds is 6. The van der Waals surface area contributed by atoms with Gasteiger partial charge in [0.15, 0.2) is 0 Å². The molecule has 0 atom stereocenters. The standard InChI is InChI=1S/C12H18FN3O3S/c1-3-15-12(17)8-16(4-2)20(18,19)9-5-6-11(14)10(13)7-9/h5-7H,3-4,8,14H2,1-2H3,(H,15,17). The number of nitrogens with one attached hydrogen (secondary N) is 1. The van der Waals surface area contributed by atoms with Crippen molar-refractivity contribution in [1.29, 1.82) is 0 Å². The first-order valence-corrected chi connectivity index (χ1v) is 7.58. The number of nitrogen functional groups attached to an aromatic ring is 1. The minimum absolute atomic E-state index is 0.103. The summed E-state index contributed by atoms with van der Waals surface area (Å²) in [5.41, 5.74) is 5.18. The Morgan fingerprint density at radius 3 is 2.55 bits per heavy atom. The van der Waals surface area contributed by atoms with Crippen molar-refractivity contribution in [1.82, 2.24) is 9.62 Å². The number of sulfonamides is 1. The molecule has 0 aliphatic carbocycles. The van der Waals surface area contributed by atoms with Gasteiger partial charge in [-0.15, -0.1) is 0 Å². The third-order valence-electron chi connectivity index (χ3n) is 2.66. The van der Waals surface area contributed by atoms with E-state index in [1.54, 1.807) is 13.8 Å². The number of benzene rings is 1. The Hall–Kier alpha value is -1.67. The molecule has 112 valence electrons. The highest BCUT2D eigenvalue weighted by Crippen LogP contribution is 2.19. The molecule has 0 fully saturated rings. The van der Waals surface area contributed by atoms with Gasteiger partial charge in [-0.1, -0.05) is 6.92 Å². The predicted molar refractivity (Wildman–Crippen MR) is 73.9 cm³/mol. The van der Waals surface area contributed by atoms with Gasteiger partial charge in [0.05, 0.1) is 17.1 Å². The number of hydrogen-bond donors (Lipinski definition) is 2. The lowest BCUT2D eigenvalue weighted by atomic mass is 10.3. The van der Waals surface area contributed by atoms with Crippen LogP contribution in [0.15, 0.2) is 23.1 Å². The van der Waals surface area contributed by atoms with E-state index in [0.717, 1.165) is 10.4 Å². The number of carbonyl (C=O) groups excluding carboxylic acids is 1. The normalized spacial score (nSPS) is 11.6. The second-order valence-corrected chi connectivity index (χ2v) is 6.01. The molecule has 0 radical (unpaired) electrons. The molecule has 0 saturated heterocycles. The summed E-state index contributed by atoms with van der Waals surface area (Å²) in [6.07, 6.45) is 0. The van der Waals surface area contributed by atoms with E-state index in [0.29, 0.717) is 6.54 Å². The van der Waals surface area contributed by atoms with E-state index < -0.39 is 21.7 Å². The first-order chi connectivity index (χ1) is 9.32. The lowest BCUT2D eigenvalue weighted by Gasteiger charge is -2.20. The summed E-state index contributed by atoms with van der Waals surface area (Å²) in [6.45, 7) is 3.54. The third kappa shape index (κ3) is 3.67. The molecule has 1 aromatic rings. The molecular weight excluding hydrogens is 285 g/mol. The Bertz CT molecular complexity index is 590. The van der Waals surface area contributed by atoms with Gasteiger partial charge in [-0.05, 0) is 25.1 Å². The number of nitrogens with zero attached hydrogens (tertiary/aromatic N) is 1. The fraction of sp³-hybridized carbons (Fsp3) is 0.417. The highest BCUT2D eigenvalue weighted by molar-refractivity contribution is 7.89. The highest BCUT2D eigenvalue weighted by atomic mass is 32.2. The lowest BCUT2D eigenvalue weighted by Crippen LogP contribution is -2.40. The zero-order valence-corrected chi connectivity index (χ0v) is 12.2. The van der Waals surface area contributed by atoms with Crippen molar-refractivity contribution >= 4 is 21.6 Å². The Morgan fingerprint density at radius 1 is 1.40 bits per heavy atom. The zero-order valence-electron chi connectivity index (χ0n) is 11.4. The fourth-order valence-corrected chi connectivity index (χ4v) is 3.02. The Kier molecular flexibility index (Phi) is 5.46. The van der Waals surface area contributed by atoms with Crippen molar-refractivity contribution in [3.8, 4) is 0 Å². The quantitative estimate of drug-likeness (QED) is 0.751. The van der Waals surface area contributed by atoms with E-state index in [2.05, 4.69) is 5.32 Å². The molecule has 1 aromatic carbocycles. The van der Waals surface area contributed by atoms with Crippen molar-refractivity contribution in [2.24, 2.45) is 0 Å². The topological polar surface area (TPSA) is 92.5 Å². The number of likely N-dealkylation sites (N-methyl/N-ethyl adjacent to an activating group) is 2. The molecule has 0 aliphatic heterocycles. The molecular formula is C12H18FN3O3S. The van der Waals surface area contributed by atoms with Crippen LogP contribution in [0.1, 0.15) is 13.8 Å². The van der Waals surface area contributed by atoms with Crippen LogP contribution >= 0.6 is 0 Å². The fourth-order valence-electron chi connectivity index (χ4n) is 1.60. The molecule has 0 saturated carbocycles. The summed E-state index contributed by atoms with van der Waals surface area (Å²) in [5.74, 6) is -1.21. The van der Waals surface area contributed by atoms with Crippen LogP contribution in [0, 0.1) is 5.82 Å². The van der Waals surface area contributed by atoms with E-state index in [1.807, 2.05) is 0 Å². The van der Waals surface area contributed by atoms with Crippen LogP contribution in [0.2, 0.25) is 0 Å². The monoisotopic (exact) mass is 303 g/mol. The van der Waals surface area contributed by atoms with E-state index in [1.165, 1.54) is 12.1 Å². The maximum Gasteiger partial charge on any atom is 0.243 e. The van der Waals surface area contributed by atoms with Gasteiger partial charge in [0.1, 0.15) is 5.82 Å². The molecule has 20 heavy (non-hydrogen) atoms. The van der Waals surface area contributed by atoms with Gasteiger partial charge in [-0.3, -0.25) is 4.79 Å². The van der Waals surface area contributed by atoms with Gasteiger partial charge < -0.3 is 11.1 Å². The molecule has 0 aromatic heterocycles. The highest BCUT2D eigenvalue weighted by Gasteiger charge is 2.25. The van der Waals surface area contributed by atoms with Gasteiger partial charge in [0.2, 0.25) is 15.9 Å². The average Bonchev–Trinajstić information content (AvgIpc) is 2.39. The largest absolute Gasteiger partial charge is 0.396 e. The first kappa shape index (κ1) is 16.4. The number of anilines is 1. The summed E-state index contributed by atoms with van der Waals surface area (Å²) in [4.78, 5) is 11.3. The van der Waals surface area contributed by atoms with Crippen LogP contribution in [0.4, 0.5) is 10.1 Å². The second kappa shape index (κ2) is 6.67. The van der Waals surface area contributed by atoms with Crippen LogP contribution in [-0.4, -0.2) is 38.3 Å². The molecule has 1 amide bonds. The molecule has 3 N–H and O–H groups in total. The molecule has 0 spiro atoms. The number of halogens is 1. The summed E-state index contributed by atoms with van der Waals surface area (Å²) >= 11 is 0. The van der Waals surface area contributed by atoms with Gasteiger partial charge in [-0.25, -0.2) is 12.8 Å². The summed E-state index contributed by atoms with van der Waals surface area (Å²) < 4.78 is 39.0. The third-order valence-corrected chi connectivity index (χ3v) is 4.57. The molecule has 1 rings (SSSR count). The molecule has 0 heterocycles. The smallest absolute Gasteiger partial charge is 0.243 e. The van der Waals surface area contributed by atoms with E-state index >= 15 is 0 Å². The van der Waals surface area contributed by atoms with Crippen molar-refractivity contribution in [2.75, 3.05) is 25.4 Å². The van der Waals surface area contributed by atoms with E-state index in [9.17, 15) is 17.6 Å². The van der Waals surface area contributed by atoms with E-state index in [4.69, 9.17) is 5.73 Å². The molecule has 0 bridgehead atoms. The Balaban J connectivity index is 3.05. The average molecular weight is 303 g/mol. The first-order valence-electron chi connectivity index (χ1n) is 6.14. The summed E-state index contributed by atoms with van der Waals surface area (Å²) in [5, 5.41) is 2.52. The molecule has 8 heteroatoms. The minimum atomic E-state index is -3.93. The zero-order chi connectivity index (χ0) is 15.3. The van der Waals surface area contributed by atoms with Crippen LogP contribution in [-0.2, 0) is 14.8 Å². The second-order valence-electron chi connectivity index (χ2n) is 4.07. The predicted octanol–water partition coefficient (Wildman–Crippen LogP) is 0.555. The molecule has 0 aliphatic rings. The van der Waals surface area contributed by atoms with Gasteiger partial charge in [0, 0.05) is 13.1 Å². The van der Waals surface area contributed by atoms with Crippen molar-refractivity contribution in [2.45, 2.75) is 18.7 Å². The minimum Gasteiger partial charge on any atom is -0.396 e. The Morgan fingerprint density at radius 2 is 2.05 bits per heavy atom. The van der Waals surface area contributed by atoms with Gasteiger partial charge in [-0.2, -0.15) is 4.31 Å². The molecule has 0 unspecified atom stereocenters. The van der Waals surface area contributed by atoms with Crippen LogP contribution in [0.3, 0.4) is 0 Å². The van der Waals surface area contributed by atoms with Crippen LogP contribution in [0.25, 0.3) is 0 Å². The maximum atomic E-state index is 13.4. The van der Waals surface area contributed by atoms with Crippen molar-refractivity contribution in [3.63, 3.8) is 0 Å². The number of hydrogen-bond acceptors (Lipinski definition) is 4. The van der Waals surface area contributed by atoms with Crippen LogP contribution in [0.5, 0.6) is 0 Å². The summed E-state index contributed by atoms with van der Waals surface area (Å²) in [6, 6.07) is 3.25. The van der Waals surface area contributed by atoms with Crippen molar-refractivity contribution in [3.05, 3.63) is 24.0 Å². The SMILES string of the molecule is CCNC(=O)CN(CC)S(=O)(=O)c1ccc(N)c(F)c1.